The molecular weight excluding hydrogens is 324 g/mol. The number of halogens is 1. The Morgan fingerprint density at radius 3 is 2.88 bits per heavy atom. The van der Waals surface area contributed by atoms with Crippen LogP contribution in [-0.2, 0) is 16.0 Å². The van der Waals surface area contributed by atoms with E-state index in [4.69, 9.17) is 11.6 Å². The van der Waals surface area contributed by atoms with Gasteiger partial charge in [0.25, 0.3) is 0 Å². The summed E-state index contributed by atoms with van der Waals surface area (Å²) in [5.41, 5.74) is 3.67. The number of amides is 2. The Kier molecular flexibility index (Phi) is 4.86. The monoisotopic (exact) mass is 342 g/mol. The van der Waals surface area contributed by atoms with Crippen molar-refractivity contribution in [1.29, 1.82) is 0 Å². The van der Waals surface area contributed by atoms with Gasteiger partial charge >= 0.3 is 0 Å². The lowest BCUT2D eigenvalue weighted by Gasteiger charge is -2.24. The molecular formula is C19H19ClN2O2. The van der Waals surface area contributed by atoms with Crippen molar-refractivity contribution in [1.82, 2.24) is 0 Å². The number of aryl methyl sites for hydroxylation is 1. The van der Waals surface area contributed by atoms with Crippen LogP contribution in [-0.4, -0.2) is 11.8 Å². The van der Waals surface area contributed by atoms with E-state index in [0.717, 1.165) is 22.5 Å². The largest absolute Gasteiger partial charge is 0.326 e. The Morgan fingerprint density at radius 1 is 1.29 bits per heavy atom. The van der Waals surface area contributed by atoms with Gasteiger partial charge in [-0.15, -0.1) is 0 Å². The molecule has 0 aliphatic carbocycles. The molecule has 1 atom stereocenters. The molecule has 1 aliphatic heterocycles. The minimum Gasteiger partial charge on any atom is -0.326 e. The fourth-order valence-electron chi connectivity index (χ4n) is 2.93. The summed E-state index contributed by atoms with van der Waals surface area (Å²) in [6.45, 7) is 1.90. The van der Waals surface area contributed by atoms with E-state index in [0.29, 0.717) is 24.3 Å². The number of para-hydroxylation sites is 1. The topological polar surface area (TPSA) is 58.2 Å². The van der Waals surface area contributed by atoms with Gasteiger partial charge < -0.3 is 10.6 Å². The normalized spacial score (nSPS) is 16.2. The molecule has 3 rings (SSSR count). The predicted molar refractivity (Wildman–Crippen MR) is 96.3 cm³/mol. The van der Waals surface area contributed by atoms with E-state index < -0.39 is 0 Å². The fraction of sp³-hybridized carbons (Fsp3) is 0.263. The van der Waals surface area contributed by atoms with Crippen molar-refractivity contribution in [2.45, 2.75) is 26.2 Å². The minimum absolute atomic E-state index is 0.0100. The number of carbonyl (C=O) groups excluding carboxylic acids is 2. The number of fused-ring (bicyclic) bond motifs is 1. The van der Waals surface area contributed by atoms with E-state index >= 15 is 0 Å². The number of rotatable bonds is 4. The Hall–Kier alpha value is -2.33. The summed E-state index contributed by atoms with van der Waals surface area (Å²) in [5.74, 6) is -0.270. The maximum Gasteiger partial charge on any atom is 0.227 e. The molecule has 0 saturated carbocycles. The first-order valence-corrected chi connectivity index (χ1v) is 8.35. The van der Waals surface area contributed by atoms with Crippen LogP contribution in [0.4, 0.5) is 11.4 Å². The summed E-state index contributed by atoms with van der Waals surface area (Å²) in [6.07, 6.45) is 1.51. The average Bonchev–Trinajstić information content (AvgIpc) is 2.55. The molecule has 0 aromatic heterocycles. The van der Waals surface area contributed by atoms with E-state index in [1.807, 2.05) is 37.3 Å². The molecule has 0 fully saturated rings. The van der Waals surface area contributed by atoms with Gasteiger partial charge in [0.15, 0.2) is 0 Å². The lowest BCUT2D eigenvalue weighted by Crippen LogP contribution is -2.30. The summed E-state index contributed by atoms with van der Waals surface area (Å²) < 4.78 is 0. The lowest BCUT2D eigenvalue weighted by atomic mass is 9.89. The van der Waals surface area contributed by atoms with E-state index in [2.05, 4.69) is 10.6 Å². The van der Waals surface area contributed by atoms with Crippen LogP contribution >= 0.6 is 11.6 Å². The van der Waals surface area contributed by atoms with Crippen LogP contribution in [0.25, 0.3) is 0 Å². The zero-order valence-corrected chi connectivity index (χ0v) is 14.2. The molecule has 2 aromatic carbocycles. The highest BCUT2D eigenvalue weighted by Gasteiger charge is 2.26. The van der Waals surface area contributed by atoms with Crippen LogP contribution in [0.1, 0.15) is 24.0 Å². The molecule has 1 aliphatic rings. The average molecular weight is 343 g/mol. The summed E-state index contributed by atoms with van der Waals surface area (Å²) in [6, 6.07) is 13.1. The second kappa shape index (κ2) is 7.05. The van der Waals surface area contributed by atoms with E-state index in [9.17, 15) is 9.59 Å². The highest BCUT2D eigenvalue weighted by Crippen LogP contribution is 2.27. The summed E-state index contributed by atoms with van der Waals surface area (Å²) in [4.78, 5) is 24.3. The molecule has 4 nitrogen and oxygen atoms in total. The van der Waals surface area contributed by atoms with Gasteiger partial charge in [0.05, 0.1) is 0 Å². The first kappa shape index (κ1) is 16.5. The van der Waals surface area contributed by atoms with E-state index in [1.54, 1.807) is 12.1 Å². The van der Waals surface area contributed by atoms with Crippen LogP contribution in [0.3, 0.4) is 0 Å². The van der Waals surface area contributed by atoms with Crippen molar-refractivity contribution in [3.8, 4) is 0 Å². The molecule has 24 heavy (non-hydrogen) atoms. The number of nitrogens with one attached hydrogen (secondary N) is 2. The maximum absolute atomic E-state index is 12.2. The Morgan fingerprint density at radius 2 is 2.08 bits per heavy atom. The van der Waals surface area contributed by atoms with Crippen molar-refractivity contribution < 1.29 is 9.59 Å². The number of carbonyl (C=O) groups is 2. The van der Waals surface area contributed by atoms with Gasteiger partial charge in [0, 0.05) is 28.7 Å². The molecule has 0 radical (unpaired) electrons. The van der Waals surface area contributed by atoms with Crippen molar-refractivity contribution in [2.24, 2.45) is 5.92 Å². The second-order valence-corrected chi connectivity index (χ2v) is 6.53. The van der Waals surface area contributed by atoms with Crippen molar-refractivity contribution in [3.63, 3.8) is 0 Å². The highest BCUT2D eigenvalue weighted by molar-refractivity contribution is 6.30. The van der Waals surface area contributed by atoms with Crippen molar-refractivity contribution in [2.75, 3.05) is 10.6 Å². The number of hydrogen-bond acceptors (Lipinski definition) is 2. The van der Waals surface area contributed by atoms with Gasteiger partial charge in [-0.3, -0.25) is 9.59 Å². The minimum atomic E-state index is -0.169. The molecule has 2 N–H and O–H groups in total. The lowest BCUT2D eigenvalue weighted by molar-refractivity contribution is -0.121. The van der Waals surface area contributed by atoms with Crippen LogP contribution in [0, 0.1) is 12.8 Å². The zero-order valence-electron chi connectivity index (χ0n) is 13.4. The number of anilines is 2. The quantitative estimate of drug-likeness (QED) is 0.875. The summed E-state index contributed by atoms with van der Waals surface area (Å²) >= 11 is 5.92. The maximum atomic E-state index is 12.2. The molecule has 5 heteroatoms. The molecule has 124 valence electrons. The molecule has 0 bridgehead atoms. The van der Waals surface area contributed by atoms with Gasteiger partial charge in [-0.2, -0.15) is 0 Å². The van der Waals surface area contributed by atoms with Crippen LogP contribution < -0.4 is 10.6 Å². The Balaban J connectivity index is 1.57. The predicted octanol–water partition coefficient (Wildman–Crippen LogP) is 4.18. The molecule has 1 unspecified atom stereocenters. The molecule has 1 heterocycles. The zero-order chi connectivity index (χ0) is 17.1. The summed E-state index contributed by atoms with van der Waals surface area (Å²) in [5, 5.41) is 6.44. The second-order valence-electron chi connectivity index (χ2n) is 6.09. The molecule has 0 spiro atoms. The SMILES string of the molecule is Cc1cc(Cl)ccc1NC(=O)CCC1Cc2ccccc2NC1=O. The Bertz CT molecular complexity index is 789. The molecule has 0 saturated heterocycles. The standard InChI is InChI=1S/C19H19ClN2O2/c1-12-10-15(20)7-8-16(12)21-18(23)9-6-14-11-13-4-2-3-5-17(13)22-19(14)24/h2-5,7-8,10,14H,6,9,11H2,1H3,(H,21,23)(H,22,24). The fourth-order valence-corrected chi connectivity index (χ4v) is 3.16. The van der Waals surface area contributed by atoms with Crippen molar-refractivity contribution in [3.05, 3.63) is 58.6 Å². The first-order chi connectivity index (χ1) is 11.5. The van der Waals surface area contributed by atoms with E-state index in [-0.39, 0.29) is 17.7 Å². The Labute approximate surface area is 146 Å². The van der Waals surface area contributed by atoms with Crippen molar-refractivity contribution >= 4 is 34.8 Å². The van der Waals surface area contributed by atoms with Crippen LogP contribution in [0.5, 0.6) is 0 Å². The van der Waals surface area contributed by atoms with Crippen LogP contribution in [0.2, 0.25) is 5.02 Å². The third-order valence-electron chi connectivity index (χ3n) is 4.29. The molecule has 2 amide bonds. The third kappa shape index (κ3) is 3.77. The first-order valence-electron chi connectivity index (χ1n) is 7.97. The summed E-state index contributed by atoms with van der Waals surface area (Å²) in [7, 11) is 0. The third-order valence-corrected chi connectivity index (χ3v) is 4.53. The smallest absolute Gasteiger partial charge is 0.227 e. The van der Waals surface area contributed by atoms with E-state index in [1.165, 1.54) is 0 Å². The van der Waals surface area contributed by atoms with Gasteiger partial charge in [-0.25, -0.2) is 0 Å². The van der Waals surface area contributed by atoms with Gasteiger partial charge in [-0.1, -0.05) is 29.8 Å². The number of hydrogen-bond donors (Lipinski definition) is 2. The molecule has 2 aromatic rings. The number of benzene rings is 2. The highest BCUT2D eigenvalue weighted by atomic mass is 35.5. The van der Waals surface area contributed by atoms with Gasteiger partial charge in [-0.05, 0) is 55.2 Å². The van der Waals surface area contributed by atoms with Gasteiger partial charge in [0.2, 0.25) is 11.8 Å². The van der Waals surface area contributed by atoms with Gasteiger partial charge in [0.1, 0.15) is 0 Å². The van der Waals surface area contributed by atoms with Crippen LogP contribution in [0.15, 0.2) is 42.5 Å².